The Balaban J connectivity index is -0.00000000521. The van der Waals surface area contributed by atoms with Crippen molar-refractivity contribution < 1.29 is 63.1 Å². The van der Waals surface area contributed by atoms with Crippen molar-refractivity contribution in [2.24, 2.45) is 0 Å². The van der Waals surface area contributed by atoms with Crippen LogP contribution in [0.2, 0.25) is 0 Å². The van der Waals surface area contributed by atoms with E-state index in [-0.39, 0.29) is 92.8 Å². The average molecular weight is 410 g/mol. The van der Waals surface area contributed by atoms with Crippen molar-refractivity contribution in [2.45, 2.75) is 6.42 Å². The molecule has 4 heteroatoms. The third-order valence-electron chi connectivity index (χ3n) is 0.586. The Hall–Kier alpha value is 1.22. The maximum atomic E-state index is 2.99. The molecule has 0 radical (unpaired) electrons. The maximum Gasteiger partial charge on any atom is 0 e. The van der Waals surface area contributed by atoms with Gasteiger partial charge in [-0.2, -0.15) is 6.08 Å². The third-order valence-corrected chi connectivity index (χ3v) is 0.586. The van der Waals surface area contributed by atoms with Gasteiger partial charge < -0.3 is 66.9 Å². The predicted molar refractivity (Wildman–Crippen MR) is 47.2 cm³/mol. The van der Waals surface area contributed by atoms with Crippen LogP contribution >= 0.6 is 0 Å². The maximum absolute atomic E-state index is 2.99. The van der Waals surface area contributed by atoms with Crippen molar-refractivity contribution in [3.05, 3.63) is 54.0 Å². The van der Waals surface area contributed by atoms with E-state index in [2.05, 4.69) is 12.2 Å². The zero-order valence-corrected chi connectivity index (χ0v) is 14.4. The normalized spacial score (nSPS) is 6.77. The Morgan fingerprint density at radius 1 is 0.846 bits per heavy atom. The van der Waals surface area contributed by atoms with Gasteiger partial charge in [-0.25, -0.2) is 12.2 Å². The number of rotatable bonds is 0. The molecule has 1 rings (SSSR count). The topological polar surface area (TPSA) is 0 Å². The zero-order chi connectivity index (χ0) is 3.54. The Kier molecular flexibility index (Phi) is 252. The molecule has 1 aliphatic rings. The summed E-state index contributed by atoms with van der Waals surface area (Å²) in [5.74, 6) is 0. The van der Waals surface area contributed by atoms with Crippen molar-refractivity contribution in [2.75, 3.05) is 0 Å². The first-order valence-electron chi connectivity index (χ1n) is 1.72. The molecule has 0 N–H and O–H groups in total. The van der Waals surface area contributed by atoms with Gasteiger partial charge in [-0.15, -0.1) is 6.42 Å². The number of hydrogen-bond acceptors (Lipinski definition) is 0. The molecule has 0 aliphatic heterocycles. The first kappa shape index (κ1) is 64.2. The van der Waals surface area contributed by atoms with Crippen molar-refractivity contribution in [3.8, 4) is 0 Å². The van der Waals surface area contributed by atoms with E-state index >= 15 is 0 Å². The Labute approximate surface area is 123 Å². The zero-order valence-electron chi connectivity index (χ0n) is 8.57. The number of halogens is 3. The standard InChI is InChI=1S/C5H5.4CH3.3ClH.Hf/c1-2-4-5-3-1;;;;;;;;/h1-3H,4H2;4*1H3;3*1H;/q5*-1;;;;/p-3. The summed E-state index contributed by atoms with van der Waals surface area (Å²) in [6.45, 7) is 0. The van der Waals surface area contributed by atoms with Gasteiger partial charge >= 0.3 is 0 Å². The fourth-order valence-corrected chi connectivity index (χ4v) is 0.340. The first-order valence-corrected chi connectivity index (χ1v) is 1.72. The van der Waals surface area contributed by atoms with Gasteiger partial charge in [0.25, 0.3) is 0 Å². The van der Waals surface area contributed by atoms with E-state index in [0.717, 1.165) is 6.42 Å². The molecule has 0 aromatic rings. The van der Waals surface area contributed by atoms with Crippen LogP contribution in [0.25, 0.3) is 0 Å². The summed E-state index contributed by atoms with van der Waals surface area (Å²) < 4.78 is 0. The molecular weight excluding hydrogens is 393 g/mol. The van der Waals surface area contributed by atoms with Crippen LogP contribution in [0.5, 0.6) is 0 Å². The summed E-state index contributed by atoms with van der Waals surface area (Å²) in [5.41, 5.74) is 0. The van der Waals surface area contributed by atoms with Crippen LogP contribution in [0, 0.1) is 35.8 Å². The summed E-state index contributed by atoms with van der Waals surface area (Å²) in [4.78, 5) is 0. The molecule has 0 saturated heterocycles. The molecule has 0 aromatic heterocycles. The van der Waals surface area contributed by atoms with Crippen LogP contribution in [0.1, 0.15) is 6.42 Å². The van der Waals surface area contributed by atoms with E-state index in [1.165, 1.54) is 0 Å². The van der Waals surface area contributed by atoms with Crippen molar-refractivity contribution >= 4 is 0 Å². The van der Waals surface area contributed by atoms with E-state index in [0.29, 0.717) is 0 Å². The van der Waals surface area contributed by atoms with E-state index in [4.69, 9.17) is 0 Å². The fraction of sp³-hybridized carbons (Fsp3) is 0.111. The summed E-state index contributed by atoms with van der Waals surface area (Å²) in [5, 5.41) is 0. The molecule has 1 aliphatic carbocycles. The minimum atomic E-state index is 0. The second-order valence-corrected chi connectivity index (χ2v) is 1.00. The minimum absolute atomic E-state index is 0. The summed E-state index contributed by atoms with van der Waals surface area (Å²) in [7, 11) is 0. The molecule has 0 fully saturated rings. The predicted octanol–water partition coefficient (Wildman–Crippen LogP) is -5.88. The Morgan fingerprint density at radius 2 is 1.23 bits per heavy atom. The van der Waals surface area contributed by atoms with E-state index in [9.17, 15) is 0 Å². The third kappa shape index (κ3) is 43.0. The van der Waals surface area contributed by atoms with Crippen molar-refractivity contribution in [3.63, 3.8) is 0 Å². The number of hydrogen-bond donors (Lipinski definition) is 0. The van der Waals surface area contributed by atoms with Crippen LogP contribution < -0.4 is 37.2 Å². The average Bonchev–Trinajstić information content (AvgIpc) is 1.76. The molecule has 0 atom stereocenters. The smallest absolute Gasteiger partial charge is 0 e. The molecule has 0 aromatic carbocycles. The molecule has 86 valence electrons. The second kappa shape index (κ2) is 51.0. The molecule has 13 heavy (non-hydrogen) atoms. The van der Waals surface area contributed by atoms with Gasteiger partial charge in [-0.1, -0.05) is 0 Å². The van der Waals surface area contributed by atoms with E-state index in [1.54, 1.807) is 0 Å². The Morgan fingerprint density at radius 3 is 1.31 bits per heavy atom. The molecule has 0 nitrogen and oxygen atoms in total. The molecular formula is C9H17Cl3Hf-8. The van der Waals surface area contributed by atoms with Gasteiger partial charge in [-0.05, 0) is 0 Å². The van der Waals surface area contributed by atoms with E-state index in [1.807, 2.05) is 12.2 Å². The first-order chi connectivity index (χ1) is 2.50. The largest absolute Gasteiger partial charge is 1.00 e. The molecule has 0 unspecified atom stereocenters. The SMILES string of the molecule is [C-]1=CC=CC1.[CH3-].[CH3-].[CH3-].[CH3-].[Cl-].[Cl-].[Cl-].[Hf]. The Bertz CT molecular complexity index is 72.9. The molecule has 0 bridgehead atoms. The second-order valence-electron chi connectivity index (χ2n) is 1.00. The van der Waals surface area contributed by atoms with Gasteiger partial charge in [-0.3, -0.25) is 6.08 Å². The van der Waals surface area contributed by atoms with Gasteiger partial charge in [0.15, 0.2) is 0 Å². The molecule has 0 saturated carbocycles. The van der Waals surface area contributed by atoms with Crippen molar-refractivity contribution in [1.29, 1.82) is 0 Å². The minimum Gasteiger partial charge on any atom is -1.00 e. The van der Waals surface area contributed by atoms with Crippen LogP contribution in [0.15, 0.2) is 18.2 Å². The quantitative estimate of drug-likeness (QED) is 0.276. The molecule has 0 heterocycles. The molecule has 0 spiro atoms. The monoisotopic (exact) mass is 410 g/mol. The summed E-state index contributed by atoms with van der Waals surface area (Å²) in [6, 6.07) is 0. The van der Waals surface area contributed by atoms with Gasteiger partial charge in [0.05, 0.1) is 0 Å². The van der Waals surface area contributed by atoms with Crippen LogP contribution in [-0.4, -0.2) is 0 Å². The van der Waals surface area contributed by atoms with E-state index < -0.39 is 0 Å². The van der Waals surface area contributed by atoms with Gasteiger partial charge in [0.1, 0.15) is 0 Å². The summed E-state index contributed by atoms with van der Waals surface area (Å²) in [6.07, 6.45) is 10.0. The summed E-state index contributed by atoms with van der Waals surface area (Å²) >= 11 is 0. The van der Waals surface area contributed by atoms with Gasteiger partial charge in [0, 0.05) is 25.8 Å². The number of allylic oxidation sites excluding steroid dienone is 4. The van der Waals surface area contributed by atoms with Crippen molar-refractivity contribution in [1.82, 2.24) is 0 Å². The van der Waals surface area contributed by atoms with Gasteiger partial charge in [0.2, 0.25) is 0 Å². The van der Waals surface area contributed by atoms with Crippen LogP contribution in [0.4, 0.5) is 0 Å². The van der Waals surface area contributed by atoms with Crippen LogP contribution in [-0.2, 0) is 25.8 Å². The van der Waals surface area contributed by atoms with Crippen LogP contribution in [0.3, 0.4) is 0 Å². The fourth-order valence-electron chi connectivity index (χ4n) is 0.340. The molecule has 0 amide bonds.